The normalized spacial score (nSPS) is 20.6. The van der Waals surface area contributed by atoms with Gasteiger partial charge >= 0.3 is 0 Å². The predicted molar refractivity (Wildman–Crippen MR) is 121 cm³/mol. The highest BCUT2D eigenvalue weighted by molar-refractivity contribution is 7.18. The van der Waals surface area contributed by atoms with E-state index in [1.165, 1.54) is 5.56 Å². The molecule has 2 saturated heterocycles. The zero-order valence-corrected chi connectivity index (χ0v) is 18.1. The lowest BCUT2D eigenvalue weighted by molar-refractivity contribution is -0.00260. The average molecular weight is 437 g/mol. The van der Waals surface area contributed by atoms with Gasteiger partial charge in [-0.15, -0.1) is 11.3 Å². The van der Waals surface area contributed by atoms with Gasteiger partial charge in [0.25, 0.3) is 0 Å². The molecule has 2 aliphatic heterocycles. The van der Waals surface area contributed by atoms with Gasteiger partial charge in [-0.1, -0.05) is 0 Å². The minimum Gasteiger partial charge on any atom is -0.390 e. The number of β-amino-alcohol motifs (C(OH)–C–C–N with tert-alkyl or cyclic N) is 1. The predicted octanol–water partition coefficient (Wildman–Crippen LogP) is 2.64. The maximum atomic E-state index is 9.68. The van der Waals surface area contributed by atoms with Crippen LogP contribution in [0.2, 0.25) is 0 Å². The highest BCUT2D eigenvalue weighted by Crippen LogP contribution is 2.37. The van der Waals surface area contributed by atoms with Gasteiger partial charge in [-0.25, -0.2) is 15.0 Å². The van der Waals surface area contributed by atoms with Crippen molar-refractivity contribution in [3.63, 3.8) is 0 Å². The quantitative estimate of drug-likeness (QED) is 0.508. The SMILES string of the molecule is C[C@@H]1COCCN1c1nc(-c2ccnc3[nH]ccc23)nc2c(CN3CC(O)C3)csc12. The van der Waals surface area contributed by atoms with Gasteiger partial charge in [0.2, 0.25) is 0 Å². The van der Waals surface area contributed by atoms with Crippen molar-refractivity contribution in [3.8, 4) is 11.4 Å². The summed E-state index contributed by atoms with van der Waals surface area (Å²) < 4.78 is 6.79. The third-order valence-electron chi connectivity index (χ3n) is 6.14. The van der Waals surface area contributed by atoms with Crippen LogP contribution in [0.3, 0.4) is 0 Å². The van der Waals surface area contributed by atoms with E-state index in [0.717, 1.165) is 64.6 Å². The number of anilines is 1. The van der Waals surface area contributed by atoms with E-state index in [4.69, 9.17) is 14.7 Å². The molecular weight excluding hydrogens is 412 g/mol. The van der Waals surface area contributed by atoms with E-state index >= 15 is 0 Å². The first kappa shape index (κ1) is 19.1. The lowest BCUT2D eigenvalue weighted by Gasteiger charge is -2.35. The first-order valence-corrected chi connectivity index (χ1v) is 11.5. The van der Waals surface area contributed by atoms with Crippen molar-refractivity contribution in [2.75, 3.05) is 37.7 Å². The highest BCUT2D eigenvalue weighted by atomic mass is 32.1. The second kappa shape index (κ2) is 7.52. The molecule has 0 spiro atoms. The van der Waals surface area contributed by atoms with Gasteiger partial charge in [0.15, 0.2) is 11.6 Å². The average Bonchev–Trinajstić information content (AvgIpc) is 3.39. The summed E-state index contributed by atoms with van der Waals surface area (Å²) in [6.07, 6.45) is 3.49. The third kappa shape index (κ3) is 3.28. The number of hydrogen-bond donors (Lipinski definition) is 2. The summed E-state index contributed by atoms with van der Waals surface area (Å²) >= 11 is 1.71. The number of rotatable bonds is 4. The monoisotopic (exact) mass is 436 g/mol. The summed E-state index contributed by atoms with van der Waals surface area (Å²) in [5.74, 6) is 1.70. The molecule has 0 bridgehead atoms. The Balaban J connectivity index is 1.52. The van der Waals surface area contributed by atoms with Crippen molar-refractivity contribution in [3.05, 3.63) is 35.5 Å². The molecule has 2 N–H and O–H groups in total. The van der Waals surface area contributed by atoms with Crippen LogP contribution in [0.5, 0.6) is 0 Å². The number of morpholine rings is 1. The first-order valence-electron chi connectivity index (χ1n) is 10.6. The lowest BCUT2D eigenvalue weighted by atomic mass is 10.1. The molecule has 31 heavy (non-hydrogen) atoms. The van der Waals surface area contributed by atoms with Gasteiger partial charge in [0.1, 0.15) is 5.65 Å². The van der Waals surface area contributed by atoms with Crippen molar-refractivity contribution >= 4 is 38.4 Å². The minimum absolute atomic E-state index is 0.210. The van der Waals surface area contributed by atoms with Crippen LogP contribution in [0.1, 0.15) is 12.5 Å². The van der Waals surface area contributed by atoms with Gasteiger partial charge in [0, 0.05) is 55.1 Å². The van der Waals surface area contributed by atoms with Gasteiger partial charge in [-0.3, -0.25) is 4.90 Å². The second-order valence-corrected chi connectivity index (χ2v) is 9.25. The number of aromatic nitrogens is 4. The Morgan fingerprint density at radius 2 is 2.19 bits per heavy atom. The third-order valence-corrected chi connectivity index (χ3v) is 7.16. The van der Waals surface area contributed by atoms with Crippen molar-refractivity contribution in [1.29, 1.82) is 0 Å². The zero-order valence-electron chi connectivity index (χ0n) is 17.3. The summed E-state index contributed by atoms with van der Waals surface area (Å²) in [7, 11) is 0. The number of hydrogen-bond acceptors (Lipinski definition) is 8. The number of nitrogens with zero attached hydrogens (tertiary/aromatic N) is 5. The van der Waals surface area contributed by atoms with Crippen molar-refractivity contribution < 1.29 is 9.84 Å². The molecule has 0 aliphatic carbocycles. The number of aromatic amines is 1. The van der Waals surface area contributed by atoms with E-state index in [-0.39, 0.29) is 12.1 Å². The fraction of sp³-hybridized carbons (Fsp3) is 0.409. The largest absolute Gasteiger partial charge is 0.390 e. The number of aliphatic hydroxyl groups is 1. The topological polar surface area (TPSA) is 90.4 Å². The summed E-state index contributed by atoms with van der Waals surface area (Å²) in [6, 6.07) is 4.26. The van der Waals surface area contributed by atoms with Crippen LogP contribution >= 0.6 is 11.3 Å². The number of nitrogens with one attached hydrogen (secondary N) is 1. The van der Waals surface area contributed by atoms with Gasteiger partial charge < -0.3 is 19.7 Å². The fourth-order valence-corrected chi connectivity index (χ4v) is 5.49. The summed E-state index contributed by atoms with van der Waals surface area (Å²) in [4.78, 5) is 22.3. The maximum absolute atomic E-state index is 9.68. The van der Waals surface area contributed by atoms with Crippen molar-refractivity contribution in [1.82, 2.24) is 24.8 Å². The van der Waals surface area contributed by atoms with Crippen LogP contribution in [0.4, 0.5) is 5.82 Å². The molecule has 0 unspecified atom stereocenters. The molecule has 1 atom stereocenters. The van der Waals surface area contributed by atoms with E-state index in [1.54, 1.807) is 17.5 Å². The smallest absolute Gasteiger partial charge is 0.163 e. The van der Waals surface area contributed by atoms with Crippen molar-refractivity contribution in [2.45, 2.75) is 25.6 Å². The van der Waals surface area contributed by atoms with Crippen LogP contribution < -0.4 is 4.90 Å². The molecule has 0 amide bonds. The second-order valence-electron chi connectivity index (χ2n) is 8.37. The molecule has 2 aliphatic rings. The molecule has 6 rings (SSSR count). The Bertz CT molecular complexity index is 1250. The first-order chi connectivity index (χ1) is 15.2. The summed E-state index contributed by atoms with van der Waals surface area (Å²) in [6.45, 7) is 6.62. The number of fused-ring (bicyclic) bond motifs is 2. The highest BCUT2D eigenvalue weighted by Gasteiger charge is 2.28. The van der Waals surface area contributed by atoms with Crippen LogP contribution in [0.25, 0.3) is 32.6 Å². The minimum atomic E-state index is -0.210. The molecule has 4 aromatic heterocycles. The summed E-state index contributed by atoms with van der Waals surface area (Å²) in [5, 5.41) is 12.9. The van der Waals surface area contributed by atoms with Crippen LogP contribution in [0.15, 0.2) is 29.9 Å². The van der Waals surface area contributed by atoms with E-state index in [2.05, 4.69) is 32.1 Å². The molecule has 0 saturated carbocycles. The van der Waals surface area contributed by atoms with E-state index in [0.29, 0.717) is 13.2 Å². The molecule has 8 nitrogen and oxygen atoms in total. The van der Waals surface area contributed by atoms with Crippen molar-refractivity contribution in [2.24, 2.45) is 0 Å². The van der Waals surface area contributed by atoms with Crippen LogP contribution in [-0.4, -0.2) is 74.9 Å². The number of aliphatic hydroxyl groups excluding tert-OH is 1. The molecule has 2 fully saturated rings. The lowest BCUT2D eigenvalue weighted by Crippen LogP contribution is -2.49. The molecule has 9 heteroatoms. The Kier molecular flexibility index (Phi) is 4.64. The van der Waals surface area contributed by atoms with E-state index < -0.39 is 0 Å². The number of pyridine rings is 1. The van der Waals surface area contributed by atoms with Gasteiger partial charge in [-0.05, 0) is 24.4 Å². The van der Waals surface area contributed by atoms with Gasteiger partial charge in [-0.2, -0.15) is 0 Å². The molecule has 6 heterocycles. The van der Waals surface area contributed by atoms with Crippen LogP contribution in [0, 0.1) is 0 Å². The Labute approximate surface area is 183 Å². The molecular formula is C22H24N6O2S. The zero-order chi connectivity index (χ0) is 20.9. The van der Waals surface area contributed by atoms with E-state index in [9.17, 15) is 5.11 Å². The standard InChI is InChI=1S/C22H24N6O2S/c1-13-11-30-7-6-28(13)22-19-18(14(12-31-19)8-27-9-15(29)10-27)25-21(26-22)17-3-5-24-20-16(17)2-4-23-20/h2-5,12-13,15,29H,6-11H2,1H3,(H,23,24)/t13-/m1/s1. The summed E-state index contributed by atoms with van der Waals surface area (Å²) in [5.41, 5.74) is 4.01. The Hall–Kier alpha value is -2.59. The molecule has 0 radical (unpaired) electrons. The number of ether oxygens (including phenoxy) is 1. The Morgan fingerprint density at radius 3 is 3.03 bits per heavy atom. The maximum Gasteiger partial charge on any atom is 0.163 e. The number of likely N-dealkylation sites (tertiary alicyclic amines) is 1. The molecule has 160 valence electrons. The Morgan fingerprint density at radius 1 is 1.29 bits per heavy atom. The molecule has 4 aromatic rings. The molecule has 0 aromatic carbocycles. The van der Waals surface area contributed by atoms with E-state index in [1.807, 2.05) is 18.3 Å². The fourth-order valence-electron chi connectivity index (χ4n) is 4.49. The number of H-pyrrole nitrogens is 1. The van der Waals surface area contributed by atoms with Gasteiger partial charge in [0.05, 0.1) is 35.6 Å². The van der Waals surface area contributed by atoms with Crippen LogP contribution in [-0.2, 0) is 11.3 Å². The number of thiophene rings is 1.